The Labute approximate surface area is 175 Å². The molecule has 3 nitrogen and oxygen atoms in total. The zero-order chi connectivity index (χ0) is 21.0. The van der Waals surface area contributed by atoms with Crippen LogP contribution in [0.15, 0.2) is 0 Å². The molecule has 0 aromatic rings. The van der Waals surface area contributed by atoms with E-state index in [1.54, 1.807) is 0 Å². The fourth-order valence-electron chi connectivity index (χ4n) is 2.62. The number of thioether (sulfide) groups is 1. The molecule has 0 atom stereocenters. The number of nitrogens with zero attached hydrogens (tertiary/aromatic N) is 1. The van der Waals surface area contributed by atoms with Crippen LogP contribution in [-0.2, 0) is 9.59 Å². The maximum Gasteiger partial charge on any atom is 0.120 e. The minimum atomic E-state index is 0.716. The average molecular weight is 404 g/mol. The van der Waals surface area contributed by atoms with E-state index < -0.39 is 0 Å². The highest BCUT2D eigenvalue weighted by molar-refractivity contribution is 7.98. The lowest BCUT2D eigenvalue weighted by molar-refractivity contribution is -0.108. The van der Waals surface area contributed by atoms with Crippen LogP contribution in [0.1, 0.15) is 105 Å². The second kappa shape index (κ2) is 33.3. The van der Waals surface area contributed by atoms with Gasteiger partial charge < -0.3 is 14.5 Å². The predicted molar refractivity (Wildman–Crippen MR) is 125 cm³/mol. The van der Waals surface area contributed by atoms with Crippen molar-refractivity contribution in [2.45, 2.75) is 105 Å². The summed E-state index contributed by atoms with van der Waals surface area (Å²) in [6.07, 6.45) is 19.5. The summed E-state index contributed by atoms with van der Waals surface area (Å²) >= 11 is 1.94. The van der Waals surface area contributed by atoms with E-state index in [1.807, 2.05) is 11.8 Å². The van der Waals surface area contributed by atoms with Crippen LogP contribution in [0.2, 0.25) is 0 Å². The summed E-state index contributed by atoms with van der Waals surface area (Å²) in [5, 5.41) is 0. The fourth-order valence-corrected chi connectivity index (χ4v) is 3.11. The molecule has 0 unspecified atom stereocenters. The van der Waals surface area contributed by atoms with Crippen molar-refractivity contribution in [3.05, 3.63) is 0 Å². The molecule has 0 saturated carbocycles. The first-order chi connectivity index (χ1) is 13.2. The second-order valence-electron chi connectivity index (χ2n) is 6.80. The van der Waals surface area contributed by atoms with Crippen LogP contribution >= 0.6 is 11.8 Å². The highest BCUT2D eigenvalue weighted by Gasteiger charge is 2.01. The normalized spacial score (nSPS) is 9.85. The van der Waals surface area contributed by atoms with Gasteiger partial charge in [-0.1, -0.05) is 72.1 Å². The molecule has 0 saturated heterocycles. The first-order valence-electron chi connectivity index (χ1n) is 11.2. The molecular weight excluding hydrogens is 354 g/mol. The van der Waals surface area contributed by atoms with Gasteiger partial charge in [0.1, 0.15) is 12.6 Å². The Bertz CT molecular complexity index is 259. The first kappa shape index (κ1) is 31.3. The third kappa shape index (κ3) is 37.2. The Hall–Kier alpha value is -0.350. The van der Waals surface area contributed by atoms with Crippen molar-refractivity contribution in [1.29, 1.82) is 0 Å². The first-order valence-corrected chi connectivity index (χ1v) is 12.6. The highest BCUT2D eigenvalue weighted by atomic mass is 32.2. The summed E-state index contributed by atoms with van der Waals surface area (Å²) in [4.78, 5) is 21.5. The van der Waals surface area contributed by atoms with Crippen molar-refractivity contribution < 1.29 is 9.59 Å². The summed E-state index contributed by atoms with van der Waals surface area (Å²) in [5.41, 5.74) is 0. The number of unbranched alkanes of at least 4 members (excludes halogenated alkanes) is 9. The van der Waals surface area contributed by atoms with Crippen LogP contribution in [0.3, 0.4) is 0 Å². The molecule has 4 heteroatoms. The van der Waals surface area contributed by atoms with Crippen molar-refractivity contribution in [2.24, 2.45) is 0 Å². The third-order valence-electron chi connectivity index (χ3n) is 4.27. The van der Waals surface area contributed by atoms with Crippen LogP contribution in [0, 0.1) is 0 Å². The van der Waals surface area contributed by atoms with Crippen LogP contribution in [0.5, 0.6) is 0 Å². The minimum absolute atomic E-state index is 0.716. The summed E-state index contributed by atoms with van der Waals surface area (Å²) in [6.45, 7) is 11.6. The molecule has 0 aliphatic carbocycles. The molecule has 0 spiro atoms. The van der Waals surface area contributed by atoms with Gasteiger partial charge in [0.05, 0.1) is 0 Å². The van der Waals surface area contributed by atoms with Crippen LogP contribution in [-0.4, -0.2) is 49.1 Å². The Balaban J connectivity index is -0.000000476. The van der Waals surface area contributed by atoms with Gasteiger partial charge in [0.2, 0.25) is 0 Å². The molecule has 0 rings (SSSR count). The van der Waals surface area contributed by atoms with Gasteiger partial charge in [-0.25, -0.2) is 0 Å². The SMILES string of the molecule is CC=O.CCCCCCCCCN(CC)CCCC=O.CCCCCSC. The molecule has 0 aromatic carbocycles. The highest BCUT2D eigenvalue weighted by Crippen LogP contribution is 2.07. The Morgan fingerprint density at radius 3 is 1.70 bits per heavy atom. The Morgan fingerprint density at radius 1 is 0.741 bits per heavy atom. The van der Waals surface area contributed by atoms with Crippen LogP contribution in [0.25, 0.3) is 0 Å². The van der Waals surface area contributed by atoms with E-state index in [1.165, 1.54) is 83.4 Å². The van der Waals surface area contributed by atoms with Crippen molar-refractivity contribution in [3.63, 3.8) is 0 Å². The van der Waals surface area contributed by atoms with Gasteiger partial charge >= 0.3 is 0 Å². The molecule has 0 aliphatic rings. The summed E-state index contributed by atoms with van der Waals surface area (Å²) in [7, 11) is 0. The summed E-state index contributed by atoms with van der Waals surface area (Å²) < 4.78 is 0. The molecule has 0 N–H and O–H groups in total. The molecule has 164 valence electrons. The maximum absolute atomic E-state index is 10.2. The standard InChI is InChI=1S/C15H31NO.C6H14S.C2H4O/c1-3-5-6-7-8-9-10-13-16(4-2)14-11-12-15-17;1-3-4-5-6-7-2;1-2-3/h15H,3-14H2,1-2H3;3-6H2,1-2H3;2H,1H3. The van der Waals surface area contributed by atoms with Crippen molar-refractivity contribution >= 4 is 24.3 Å². The quantitative estimate of drug-likeness (QED) is 0.198. The molecule has 27 heavy (non-hydrogen) atoms. The molecule has 0 fully saturated rings. The van der Waals surface area contributed by atoms with Crippen molar-refractivity contribution in [3.8, 4) is 0 Å². The van der Waals surface area contributed by atoms with Gasteiger partial charge in [-0.15, -0.1) is 0 Å². The van der Waals surface area contributed by atoms with E-state index >= 15 is 0 Å². The lowest BCUT2D eigenvalue weighted by Crippen LogP contribution is -2.25. The van der Waals surface area contributed by atoms with E-state index in [0.29, 0.717) is 6.42 Å². The number of hydrogen-bond donors (Lipinski definition) is 0. The maximum atomic E-state index is 10.2. The van der Waals surface area contributed by atoms with Gasteiger partial charge in [0.25, 0.3) is 0 Å². The van der Waals surface area contributed by atoms with Gasteiger partial charge in [-0.05, 0) is 57.8 Å². The van der Waals surface area contributed by atoms with Gasteiger partial charge in [0.15, 0.2) is 0 Å². The van der Waals surface area contributed by atoms with Gasteiger partial charge in [0, 0.05) is 6.42 Å². The lowest BCUT2D eigenvalue weighted by Gasteiger charge is -2.19. The molecular formula is C23H49NO2S. The van der Waals surface area contributed by atoms with Crippen molar-refractivity contribution in [2.75, 3.05) is 31.6 Å². The lowest BCUT2D eigenvalue weighted by atomic mass is 10.1. The number of carbonyl (C=O) groups is 2. The number of hydrogen-bond acceptors (Lipinski definition) is 4. The van der Waals surface area contributed by atoms with E-state index in [2.05, 4.69) is 31.9 Å². The molecule has 0 heterocycles. The van der Waals surface area contributed by atoms with Gasteiger partial charge in [-0.2, -0.15) is 11.8 Å². The number of aldehydes is 2. The molecule has 0 aliphatic heterocycles. The second-order valence-corrected chi connectivity index (χ2v) is 7.79. The van der Waals surface area contributed by atoms with Crippen LogP contribution in [0.4, 0.5) is 0 Å². The van der Waals surface area contributed by atoms with E-state index in [-0.39, 0.29) is 0 Å². The topological polar surface area (TPSA) is 37.4 Å². The summed E-state index contributed by atoms with van der Waals surface area (Å²) in [6, 6.07) is 0. The summed E-state index contributed by atoms with van der Waals surface area (Å²) in [5.74, 6) is 1.34. The van der Waals surface area contributed by atoms with Crippen LogP contribution < -0.4 is 0 Å². The molecule has 0 aromatic heterocycles. The van der Waals surface area contributed by atoms with E-state index in [4.69, 9.17) is 4.79 Å². The Kier molecular flexibility index (Phi) is 38.6. The monoisotopic (exact) mass is 403 g/mol. The Morgan fingerprint density at radius 2 is 1.22 bits per heavy atom. The molecule has 0 bridgehead atoms. The minimum Gasteiger partial charge on any atom is -0.304 e. The van der Waals surface area contributed by atoms with E-state index in [9.17, 15) is 4.79 Å². The zero-order valence-electron chi connectivity index (χ0n) is 19.1. The van der Waals surface area contributed by atoms with Crippen molar-refractivity contribution in [1.82, 2.24) is 4.90 Å². The fraction of sp³-hybridized carbons (Fsp3) is 0.913. The predicted octanol–water partition coefficient (Wildman–Crippen LogP) is 6.78. The largest absolute Gasteiger partial charge is 0.304 e. The molecule has 0 amide bonds. The number of carbonyl (C=O) groups excluding carboxylic acids is 2. The third-order valence-corrected chi connectivity index (χ3v) is 4.97. The van der Waals surface area contributed by atoms with Gasteiger partial charge in [-0.3, -0.25) is 0 Å². The smallest absolute Gasteiger partial charge is 0.120 e. The number of rotatable bonds is 17. The zero-order valence-corrected chi connectivity index (χ0v) is 20.0. The molecule has 0 radical (unpaired) electrons. The van der Waals surface area contributed by atoms with E-state index in [0.717, 1.165) is 32.1 Å². The average Bonchev–Trinajstić information content (AvgIpc) is 2.67.